The van der Waals surface area contributed by atoms with E-state index in [0.29, 0.717) is 5.92 Å². The Morgan fingerprint density at radius 1 is 1.58 bits per heavy atom. The average molecular weight is 270 g/mol. The lowest BCUT2D eigenvalue weighted by atomic mass is 10.1. The van der Waals surface area contributed by atoms with E-state index in [1.54, 1.807) is 18.9 Å². The molecule has 0 aliphatic carbocycles. The molecule has 1 aliphatic heterocycles. The van der Waals surface area contributed by atoms with Crippen molar-refractivity contribution in [2.45, 2.75) is 27.2 Å². The molecule has 1 fully saturated rings. The number of methoxy groups -OCH3 is 1. The van der Waals surface area contributed by atoms with Crippen molar-refractivity contribution in [1.82, 2.24) is 10.2 Å². The van der Waals surface area contributed by atoms with E-state index >= 15 is 0 Å². The highest BCUT2D eigenvalue weighted by molar-refractivity contribution is 5.93. The van der Waals surface area contributed by atoms with Crippen molar-refractivity contribution in [3.8, 4) is 11.8 Å². The van der Waals surface area contributed by atoms with Crippen molar-refractivity contribution >= 4 is 5.91 Å². The normalized spacial score (nSPS) is 17.6. The molecule has 4 nitrogen and oxygen atoms in total. The molecule has 19 heavy (non-hydrogen) atoms. The molecular formula is C15H30N2O2. The van der Waals surface area contributed by atoms with Gasteiger partial charge in [0.2, 0.25) is 0 Å². The van der Waals surface area contributed by atoms with E-state index in [4.69, 9.17) is 4.74 Å². The van der Waals surface area contributed by atoms with Crippen LogP contribution in [0.3, 0.4) is 0 Å². The molecule has 0 bridgehead atoms. The van der Waals surface area contributed by atoms with Gasteiger partial charge in [-0.25, -0.2) is 0 Å². The number of carbonyl (C=O) groups excluding carboxylic acids is 1. The van der Waals surface area contributed by atoms with Gasteiger partial charge in [0, 0.05) is 27.5 Å². The number of hydrogen-bond donors (Lipinski definition) is 1. The molecule has 1 heterocycles. The fourth-order valence-corrected chi connectivity index (χ4v) is 1.98. The third kappa shape index (κ3) is 8.63. The number of carbonyl (C=O) groups is 1. The zero-order valence-corrected chi connectivity index (χ0v) is 13.0. The van der Waals surface area contributed by atoms with Crippen molar-refractivity contribution in [2.75, 3.05) is 40.4 Å². The largest absolute Gasteiger partial charge is 0.384 e. The molecule has 1 rings (SSSR count). The predicted octanol–water partition coefficient (Wildman–Crippen LogP) is 1.61. The van der Waals surface area contributed by atoms with Gasteiger partial charge in [-0.3, -0.25) is 4.79 Å². The van der Waals surface area contributed by atoms with E-state index in [-0.39, 0.29) is 7.33 Å². The standard InChI is InChI=1S/C10H15NO2.C5H13N.H2/c1-3-4-10(12)11-6-5-9(7-11)8-13-2;1-5(2)4-6-3;/h9H,5-8H2,1-2H3;5-6H,4H2,1-3H3;1H/t9-;;/m0../s1. The minimum atomic E-state index is -0.0545. The van der Waals surface area contributed by atoms with E-state index in [9.17, 15) is 4.79 Å². The van der Waals surface area contributed by atoms with Crippen LogP contribution in [0.1, 0.15) is 28.6 Å². The van der Waals surface area contributed by atoms with Gasteiger partial charge in [-0.1, -0.05) is 19.8 Å². The van der Waals surface area contributed by atoms with Gasteiger partial charge in [-0.05, 0) is 38.8 Å². The van der Waals surface area contributed by atoms with E-state index < -0.39 is 0 Å². The molecule has 1 N–H and O–H groups in total. The smallest absolute Gasteiger partial charge is 0.298 e. The lowest BCUT2D eigenvalue weighted by Gasteiger charge is -2.12. The van der Waals surface area contributed by atoms with Crippen LogP contribution in [0.4, 0.5) is 0 Å². The van der Waals surface area contributed by atoms with Crippen LogP contribution in [-0.4, -0.2) is 51.2 Å². The Balaban J connectivity index is 0. The van der Waals surface area contributed by atoms with Gasteiger partial charge in [0.05, 0.1) is 6.61 Å². The zero-order chi connectivity index (χ0) is 14.7. The minimum Gasteiger partial charge on any atom is -0.384 e. The van der Waals surface area contributed by atoms with Gasteiger partial charge in [0.25, 0.3) is 5.91 Å². The summed E-state index contributed by atoms with van der Waals surface area (Å²) >= 11 is 0. The first kappa shape index (κ1) is 17.9. The van der Waals surface area contributed by atoms with E-state index in [0.717, 1.165) is 38.6 Å². The average Bonchev–Trinajstić information content (AvgIpc) is 2.79. The summed E-state index contributed by atoms with van der Waals surface area (Å²) in [5.41, 5.74) is 0. The molecule has 0 unspecified atom stereocenters. The van der Waals surface area contributed by atoms with Crippen molar-refractivity contribution in [3.05, 3.63) is 0 Å². The third-order valence-corrected chi connectivity index (χ3v) is 2.82. The summed E-state index contributed by atoms with van der Waals surface area (Å²) in [5.74, 6) is 6.39. The van der Waals surface area contributed by atoms with Crippen LogP contribution in [0.2, 0.25) is 0 Å². The Morgan fingerprint density at radius 3 is 2.68 bits per heavy atom. The van der Waals surface area contributed by atoms with Crippen LogP contribution in [0.25, 0.3) is 0 Å². The van der Waals surface area contributed by atoms with Crippen molar-refractivity contribution < 1.29 is 11.0 Å². The van der Waals surface area contributed by atoms with E-state index in [2.05, 4.69) is 31.0 Å². The first-order valence-corrected chi connectivity index (χ1v) is 6.90. The van der Waals surface area contributed by atoms with Crippen LogP contribution in [0, 0.1) is 23.7 Å². The number of amides is 1. The molecule has 1 saturated heterocycles. The van der Waals surface area contributed by atoms with E-state index in [1.165, 1.54) is 0 Å². The summed E-state index contributed by atoms with van der Waals surface area (Å²) < 4.78 is 5.04. The number of nitrogens with zero attached hydrogens (tertiary/aromatic N) is 1. The third-order valence-electron chi connectivity index (χ3n) is 2.82. The Labute approximate surface area is 119 Å². The number of ether oxygens (including phenoxy) is 1. The number of rotatable bonds is 4. The van der Waals surface area contributed by atoms with Crippen LogP contribution in [-0.2, 0) is 9.53 Å². The maximum absolute atomic E-state index is 11.3. The molecule has 0 spiro atoms. The first-order valence-electron chi connectivity index (χ1n) is 6.90. The molecule has 0 saturated carbocycles. The Morgan fingerprint density at radius 2 is 2.26 bits per heavy atom. The number of hydrogen-bond acceptors (Lipinski definition) is 3. The molecule has 0 aromatic heterocycles. The molecule has 1 amide bonds. The number of nitrogens with one attached hydrogen (secondary N) is 1. The molecule has 1 aliphatic rings. The molecule has 0 radical (unpaired) electrons. The summed E-state index contributed by atoms with van der Waals surface area (Å²) in [6.45, 7) is 9.54. The summed E-state index contributed by atoms with van der Waals surface area (Å²) in [6, 6.07) is 0. The van der Waals surface area contributed by atoms with Gasteiger partial charge < -0.3 is 15.0 Å². The zero-order valence-electron chi connectivity index (χ0n) is 13.0. The maximum Gasteiger partial charge on any atom is 0.298 e. The second-order valence-electron chi connectivity index (χ2n) is 5.19. The van der Waals surface area contributed by atoms with Crippen LogP contribution < -0.4 is 5.32 Å². The van der Waals surface area contributed by atoms with Gasteiger partial charge in [-0.15, -0.1) is 0 Å². The molecule has 1 atom stereocenters. The second-order valence-corrected chi connectivity index (χ2v) is 5.19. The van der Waals surface area contributed by atoms with Gasteiger partial charge in [-0.2, -0.15) is 0 Å². The predicted molar refractivity (Wildman–Crippen MR) is 80.9 cm³/mol. The fraction of sp³-hybridized carbons (Fsp3) is 0.800. The van der Waals surface area contributed by atoms with Crippen LogP contribution in [0.15, 0.2) is 0 Å². The summed E-state index contributed by atoms with van der Waals surface area (Å²) in [6.07, 6.45) is 1.03. The van der Waals surface area contributed by atoms with Crippen LogP contribution >= 0.6 is 0 Å². The summed E-state index contributed by atoms with van der Waals surface area (Å²) in [7, 11) is 3.66. The lowest BCUT2D eigenvalue weighted by molar-refractivity contribution is -0.124. The van der Waals surface area contributed by atoms with Gasteiger partial charge in [0.1, 0.15) is 0 Å². The van der Waals surface area contributed by atoms with Gasteiger partial charge >= 0.3 is 0 Å². The molecular weight excluding hydrogens is 240 g/mol. The molecule has 4 heteroatoms. The summed E-state index contributed by atoms with van der Waals surface area (Å²) in [4.78, 5) is 13.1. The Hall–Kier alpha value is -1.05. The highest BCUT2D eigenvalue weighted by Crippen LogP contribution is 2.15. The highest BCUT2D eigenvalue weighted by atomic mass is 16.5. The van der Waals surface area contributed by atoms with E-state index in [1.807, 2.05) is 7.05 Å². The quantitative estimate of drug-likeness (QED) is 0.789. The Kier molecular flexibility index (Phi) is 10.2. The first-order chi connectivity index (χ1) is 9.04. The SMILES string of the molecule is CC#CC(=O)N1CC[C@H](COC)C1.CNCC(C)C.[HH]. The van der Waals surface area contributed by atoms with Crippen LogP contribution in [0.5, 0.6) is 0 Å². The summed E-state index contributed by atoms with van der Waals surface area (Å²) in [5, 5.41) is 3.07. The highest BCUT2D eigenvalue weighted by Gasteiger charge is 2.24. The number of likely N-dealkylation sites (tertiary alicyclic amines) is 1. The maximum atomic E-state index is 11.3. The monoisotopic (exact) mass is 270 g/mol. The lowest BCUT2D eigenvalue weighted by Crippen LogP contribution is -2.27. The van der Waals surface area contributed by atoms with Crippen molar-refractivity contribution in [3.63, 3.8) is 0 Å². The Bertz CT molecular complexity index is 311. The molecule has 0 aromatic rings. The molecule has 0 aromatic carbocycles. The van der Waals surface area contributed by atoms with Gasteiger partial charge in [0.15, 0.2) is 0 Å². The topological polar surface area (TPSA) is 41.6 Å². The van der Waals surface area contributed by atoms with Crippen molar-refractivity contribution in [1.29, 1.82) is 0 Å². The minimum absolute atomic E-state index is 0. The van der Waals surface area contributed by atoms with Crippen molar-refractivity contribution in [2.24, 2.45) is 11.8 Å². The second kappa shape index (κ2) is 10.8. The fourth-order valence-electron chi connectivity index (χ4n) is 1.98. The molecule has 112 valence electrons.